The molecule has 0 saturated carbocycles. The van der Waals surface area contributed by atoms with Crippen molar-refractivity contribution in [2.75, 3.05) is 13.1 Å². The van der Waals surface area contributed by atoms with Crippen molar-refractivity contribution in [1.29, 1.82) is 0 Å². The molecule has 1 atom stereocenters. The number of likely N-dealkylation sites (tertiary alicyclic amines) is 1. The van der Waals surface area contributed by atoms with Crippen LogP contribution in [-0.2, 0) is 16.0 Å². The van der Waals surface area contributed by atoms with Crippen LogP contribution >= 0.6 is 15.9 Å². The Morgan fingerprint density at radius 1 is 1.45 bits per heavy atom. The van der Waals surface area contributed by atoms with Gasteiger partial charge in [-0.05, 0) is 36.6 Å². The fourth-order valence-electron chi connectivity index (χ4n) is 2.36. The van der Waals surface area contributed by atoms with E-state index in [1.165, 1.54) is 12.1 Å². The number of carbonyl (C=O) groups excluding carboxylic acids is 1. The van der Waals surface area contributed by atoms with Gasteiger partial charge in [0.2, 0.25) is 5.91 Å². The molecule has 1 fully saturated rings. The number of halogens is 2. The molecule has 20 heavy (non-hydrogen) atoms. The molecule has 1 aromatic rings. The molecule has 0 aliphatic carbocycles. The van der Waals surface area contributed by atoms with Crippen molar-refractivity contribution in [1.82, 2.24) is 4.90 Å². The van der Waals surface area contributed by atoms with E-state index in [0.717, 1.165) is 0 Å². The number of carboxylic acids is 1. The molecular formula is C14H15BrFNO3. The van der Waals surface area contributed by atoms with Crippen LogP contribution in [0, 0.1) is 11.7 Å². The van der Waals surface area contributed by atoms with Crippen LogP contribution in [0.4, 0.5) is 4.39 Å². The van der Waals surface area contributed by atoms with Crippen molar-refractivity contribution in [2.45, 2.75) is 19.3 Å². The third-order valence-corrected chi connectivity index (χ3v) is 4.25. The van der Waals surface area contributed by atoms with Crippen molar-refractivity contribution in [3.8, 4) is 0 Å². The van der Waals surface area contributed by atoms with E-state index in [1.54, 1.807) is 11.0 Å². The highest BCUT2D eigenvalue weighted by Crippen LogP contribution is 2.21. The van der Waals surface area contributed by atoms with Crippen LogP contribution in [-0.4, -0.2) is 35.0 Å². The molecule has 0 radical (unpaired) electrons. The van der Waals surface area contributed by atoms with E-state index in [-0.39, 0.29) is 18.9 Å². The van der Waals surface area contributed by atoms with Crippen LogP contribution < -0.4 is 0 Å². The summed E-state index contributed by atoms with van der Waals surface area (Å²) < 4.78 is 13.9. The Kier molecular flexibility index (Phi) is 4.75. The average molecular weight is 344 g/mol. The maximum atomic E-state index is 13.2. The summed E-state index contributed by atoms with van der Waals surface area (Å²) >= 11 is 3.29. The van der Waals surface area contributed by atoms with Crippen LogP contribution in [0.25, 0.3) is 0 Å². The number of nitrogens with zero attached hydrogens (tertiary/aromatic N) is 1. The quantitative estimate of drug-likeness (QED) is 0.916. The topological polar surface area (TPSA) is 57.6 Å². The molecule has 1 saturated heterocycles. The van der Waals surface area contributed by atoms with Gasteiger partial charge in [0.05, 0.1) is 12.3 Å². The first kappa shape index (κ1) is 15.0. The summed E-state index contributed by atoms with van der Waals surface area (Å²) in [7, 11) is 0. The fraction of sp³-hybridized carbons (Fsp3) is 0.429. The standard InChI is InChI=1S/C14H15BrFNO3/c15-12-4-3-11(16)6-10(12)7-13(18)17-5-1-2-9(8-17)14(19)20/h3-4,6,9H,1-2,5,7-8H2,(H,19,20)/t9-/m0/s1. The van der Waals surface area contributed by atoms with Gasteiger partial charge in [0, 0.05) is 17.6 Å². The smallest absolute Gasteiger partial charge is 0.308 e. The third kappa shape index (κ3) is 3.56. The van der Waals surface area contributed by atoms with Crippen LogP contribution in [0.1, 0.15) is 18.4 Å². The predicted octanol–water partition coefficient (Wildman–Crippen LogP) is 2.45. The summed E-state index contributed by atoms with van der Waals surface area (Å²) in [6.07, 6.45) is 1.36. The summed E-state index contributed by atoms with van der Waals surface area (Å²) in [6.45, 7) is 0.802. The number of carboxylic acid groups (broad SMARTS) is 1. The summed E-state index contributed by atoms with van der Waals surface area (Å²) in [5, 5.41) is 9.01. The van der Waals surface area contributed by atoms with Gasteiger partial charge in [0.25, 0.3) is 0 Å². The fourth-order valence-corrected chi connectivity index (χ4v) is 2.75. The lowest BCUT2D eigenvalue weighted by atomic mass is 9.97. The van der Waals surface area contributed by atoms with Gasteiger partial charge in [-0.2, -0.15) is 0 Å². The lowest BCUT2D eigenvalue weighted by Gasteiger charge is -2.30. The van der Waals surface area contributed by atoms with Crippen molar-refractivity contribution in [3.63, 3.8) is 0 Å². The molecule has 1 heterocycles. The van der Waals surface area contributed by atoms with E-state index in [9.17, 15) is 14.0 Å². The Morgan fingerprint density at radius 3 is 2.90 bits per heavy atom. The van der Waals surface area contributed by atoms with Crippen LogP contribution in [0.5, 0.6) is 0 Å². The van der Waals surface area contributed by atoms with Gasteiger partial charge in [0.15, 0.2) is 0 Å². The minimum atomic E-state index is -0.866. The van der Waals surface area contributed by atoms with E-state index < -0.39 is 17.7 Å². The number of benzene rings is 1. The van der Waals surface area contributed by atoms with E-state index in [1.807, 2.05) is 0 Å². The Bertz CT molecular complexity index is 535. The molecule has 108 valence electrons. The molecular weight excluding hydrogens is 329 g/mol. The van der Waals surface area contributed by atoms with Crippen LogP contribution in [0.15, 0.2) is 22.7 Å². The third-order valence-electron chi connectivity index (χ3n) is 3.47. The molecule has 0 unspecified atom stereocenters. The van der Waals surface area contributed by atoms with Crippen molar-refractivity contribution in [2.24, 2.45) is 5.92 Å². The van der Waals surface area contributed by atoms with Gasteiger partial charge in [-0.3, -0.25) is 9.59 Å². The first-order valence-electron chi connectivity index (χ1n) is 6.42. The van der Waals surface area contributed by atoms with Gasteiger partial charge < -0.3 is 10.0 Å². The number of aliphatic carboxylic acids is 1. The SMILES string of the molecule is O=C(O)[C@H]1CCCN(C(=O)Cc2cc(F)ccc2Br)C1. The molecule has 1 aromatic carbocycles. The van der Waals surface area contributed by atoms with E-state index in [4.69, 9.17) is 5.11 Å². The summed E-state index contributed by atoms with van der Waals surface area (Å²) in [5.74, 6) is -1.92. The number of piperidine rings is 1. The second-order valence-electron chi connectivity index (χ2n) is 4.93. The molecule has 1 aliphatic heterocycles. The Hall–Kier alpha value is -1.43. The molecule has 1 aliphatic rings. The molecule has 4 nitrogen and oxygen atoms in total. The number of amides is 1. The van der Waals surface area contributed by atoms with Gasteiger partial charge in [-0.15, -0.1) is 0 Å². The molecule has 1 N–H and O–H groups in total. The minimum Gasteiger partial charge on any atom is -0.481 e. The van der Waals surface area contributed by atoms with E-state index in [2.05, 4.69) is 15.9 Å². The molecule has 6 heteroatoms. The molecule has 0 aromatic heterocycles. The maximum absolute atomic E-state index is 13.2. The maximum Gasteiger partial charge on any atom is 0.308 e. The summed E-state index contributed by atoms with van der Waals surface area (Å²) in [4.78, 5) is 24.7. The van der Waals surface area contributed by atoms with E-state index in [0.29, 0.717) is 29.4 Å². The molecule has 2 rings (SSSR count). The van der Waals surface area contributed by atoms with Gasteiger partial charge in [0.1, 0.15) is 5.82 Å². The highest BCUT2D eigenvalue weighted by molar-refractivity contribution is 9.10. The zero-order chi connectivity index (χ0) is 14.7. The number of hydrogen-bond donors (Lipinski definition) is 1. The number of carbonyl (C=O) groups is 2. The Balaban J connectivity index is 2.04. The van der Waals surface area contributed by atoms with Crippen LogP contribution in [0.3, 0.4) is 0 Å². The van der Waals surface area contributed by atoms with Crippen molar-refractivity contribution >= 4 is 27.8 Å². The lowest BCUT2D eigenvalue weighted by Crippen LogP contribution is -2.43. The Morgan fingerprint density at radius 2 is 2.20 bits per heavy atom. The first-order valence-corrected chi connectivity index (χ1v) is 7.21. The molecule has 1 amide bonds. The predicted molar refractivity (Wildman–Crippen MR) is 74.7 cm³/mol. The normalized spacial score (nSPS) is 18.9. The largest absolute Gasteiger partial charge is 0.481 e. The summed E-state index contributed by atoms with van der Waals surface area (Å²) in [6, 6.07) is 4.20. The zero-order valence-electron chi connectivity index (χ0n) is 10.8. The monoisotopic (exact) mass is 343 g/mol. The van der Waals surface area contributed by atoms with Gasteiger partial charge >= 0.3 is 5.97 Å². The number of hydrogen-bond acceptors (Lipinski definition) is 2. The van der Waals surface area contributed by atoms with Crippen molar-refractivity contribution in [3.05, 3.63) is 34.1 Å². The van der Waals surface area contributed by atoms with Gasteiger partial charge in [-0.1, -0.05) is 15.9 Å². The molecule has 0 bridgehead atoms. The van der Waals surface area contributed by atoms with Crippen molar-refractivity contribution < 1.29 is 19.1 Å². The average Bonchev–Trinajstić information content (AvgIpc) is 2.43. The minimum absolute atomic E-state index is 0.0741. The second-order valence-corrected chi connectivity index (χ2v) is 5.78. The highest BCUT2D eigenvalue weighted by Gasteiger charge is 2.28. The van der Waals surface area contributed by atoms with E-state index >= 15 is 0 Å². The Labute approximate surface area is 124 Å². The van der Waals surface area contributed by atoms with Crippen LogP contribution in [0.2, 0.25) is 0 Å². The lowest BCUT2D eigenvalue weighted by molar-refractivity contribution is -0.145. The van der Waals surface area contributed by atoms with Gasteiger partial charge in [-0.25, -0.2) is 4.39 Å². The zero-order valence-corrected chi connectivity index (χ0v) is 12.4. The summed E-state index contributed by atoms with van der Waals surface area (Å²) in [5.41, 5.74) is 0.576. The molecule has 0 spiro atoms. The second kappa shape index (κ2) is 6.35. The first-order chi connectivity index (χ1) is 9.47. The highest BCUT2D eigenvalue weighted by atomic mass is 79.9. The number of rotatable bonds is 3.